The van der Waals surface area contributed by atoms with Gasteiger partial charge in [0.15, 0.2) is 5.60 Å². The van der Waals surface area contributed by atoms with Crippen LogP contribution in [0.2, 0.25) is 0 Å². The molecule has 0 aromatic heterocycles. The molecule has 0 spiro atoms. The minimum atomic E-state index is -4.56. The Morgan fingerprint density at radius 2 is 1.71 bits per heavy atom. The molecule has 0 aliphatic heterocycles. The highest BCUT2D eigenvalue weighted by atomic mass is 19.4. The molecular formula is C10H17F3O. The Morgan fingerprint density at radius 3 is 2.07 bits per heavy atom. The largest absolute Gasteiger partial charge is 0.417 e. The van der Waals surface area contributed by atoms with Gasteiger partial charge in [-0.25, -0.2) is 0 Å². The molecule has 1 nitrogen and oxygen atoms in total. The van der Waals surface area contributed by atoms with Gasteiger partial charge in [0, 0.05) is 6.42 Å². The van der Waals surface area contributed by atoms with Gasteiger partial charge in [-0.15, -0.1) is 0 Å². The first-order valence-corrected chi connectivity index (χ1v) is 4.61. The fourth-order valence-corrected chi connectivity index (χ4v) is 0.797. The molecule has 0 fully saturated rings. The molecule has 0 bridgehead atoms. The van der Waals surface area contributed by atoms with Crippen molar-refractivity contribution in [3.63, 3.8) is 0 Å². The molecule has 1 atom stereocenters. The van der Waals surface area contributed by atoms with E-state index in [1.54, 1.807) is 6.08 Å². The van der Waals surface area contributed by atoms with Crippen LogP contribution >= 0.6 is 0 Å². The van der Waals surface area contributed by atoms with Crippen molar-refractivity contribution in [1.82, 2.24) is 0 Å². The first-order valence-electron chi connectivity index (χ1n) is 4.61. The minimum absolute atomic E-state index is 0.386. The third kappa shape index (κ3) is 4.65. The van der Waals surface area contributed by atoms with Crippen molar-refractivity contribution in [3.05, 3.63) is 12.2 Å². The first-order chi connectivity index (χ1) is 6.17. The monoisotopic (exact) mass is 210 g/mol. The van der Waals surface area contributed by atoms with Gasteiger partial charge in [-0.2, -0.15) is 13.2 Å². The normalized spacial score (nSPS) is 17.7. The van der Waals surface area contributed by atoms with Gasteiger partial charge < -0.3 is 5.11 Å². The lowest BCUT2D eigenvalue weighted by Gasteiger charge is -2.24. The van der Waals surface area contributed by atoms with Crippen LogP contribution in [0.5, 0.6) is 0 Å². The van der Waals surface area contributed by atoms with Crippen LogP contribution in [0.15, 0.2) is 12.2 Å². The van der Waals surface area contributed by atoms with E-state index in [-0.39, 0.29) is 6.42 Å². The molecular weight excluding hydrogens is 193 g/mol. The predicted octanol–water partition coefficient (Wildman–Crippen LogP) is 3.29. The van der Waals surface area contributed by atoms with Crippen molar-refractivity contribution in [1.29, 1.82) is 0 Å². The van der Waals surface area contributed by atoms with E-state index in [1.165, 1.54) is 6.08 Å². The number of hydrogen-bond donors (Lipinski definition) is 1. The van der Waals surface area contributed by atoms with Crippen molar-refractivity contribution in [3.8, 4) is 0 Å². The fourth-order valence-electron chi connectivity index (χ4n) is 0.797. The van der Waals surface area contributed by atoms with Crippen molar-refractivity contribution in [2.75, 3.05) is 0 Å². The lowest BCUT2D eigenvalue weighted by Crippen LogP contribution is -2.41. The summed E-state index contributed by atoms with van der Waals surface area (Å²) in [6, 6.07) is 0. The van der Waals surface area contributed by atoms with E-state index in [1.807, 2.05) is 13.8 Å². The quantitative estimate of drug-likeness (QED) is 0.706. The highest BCUT2D eigenvalue weighted by Gasteiger charge is 2.48. The van der Waals surface area contributed by atoms with Gasteiger partial charge in [0.1, 0.15) is 0 Å². The predicted molar refractivity (Wildman–Crippen MR) is 49.9 cm³/mol. The maximum absolute atomic E-state index is 12.1. The second-order valence-electron chi connectivity index (χ2n) is 4.08. The number of aliphatic hydroxyl groups is 1. The van der Waals surface area contributed by atoms with Crippen LogP contribution in [-0.4, -0.2) is 16.9 Å². The van der Waals surface area contributed by atoms with Crippen molar-refractivity contribution in [2.45, 2.75) is 45.4 Å². The first kappa shape index (κ1) is 13.5. The molecule has 14 heavy (non-hydrogen) atoms. The molecule has 0 aliphatic carbocycles. The van der Waals surface area contributed by atoms with Crippen molar-refractivity contribution >= 4 is 0 Å². The third-order valence-electron chi connectivity index (χ3n) is 1.90. The van der Waals surface area contributed by atoms with E-state index in [9.17, 15) is 13.2 Å². The molecule has 0 amide bonds. The van der Waals surface area contributed by atoms with Gasteiger partial charge in [-0.3, -0.25) is 0 Å². The molecule has 0 radical (unpaired) electrons. The molecule has 0 rings (SSSR count). The average Bonchev–Trinajstić information content (AvgIpc) is 1.95. The van der Waals surface area contributed by atoms with Gasteiger partial charge in [0.25, 0.3) is 0 Å². The lowest BCUT2D eigenvalue weighted by atomic mass is 10.0. The summed E-state index contributed by atoms with van der Waals surface area (Å²) in [6.45, 7) is 4.74. The molecule has 0 aromatic carbocycles. The summed E-state index contributed by atoms with van der Waals surface area (Å²) in [4.78, 5) is 0. The highest BCUT2D eigenvalue weighted by molar-refractivity contribution is 4.93. The highest BCUT2D eigenvalue weighted by Crippen LogP contribution is 2.32. The van der Waals surface area contributed by atoms with Crippen LogP contribution in [-0.2, 0) is 0 Å². The standard InChI is InChI=1S/C10H17F3O/c1-8(2)6-4-5-7-9(3,14)10(11,12)13/h4-5,8,14H,6-7H2,1-3H3/b5-4-. The number of rotatable bonds is 4. The minimum Gasteiger partial charge on any atom is -0.380 e. The lowest BCUT2D eigenvalue weighted by molar-refractivity contribution is -0.251. The fraction of sp³-hybridized carbons (Fsp3) is 0.800. The van der Waals surface area contributed by atoms with Crippen LogP contribution < -0.4 is 0 Å². The summed E-state index contributed by atoms with van der Waals surface area (Å²) in [5.74, 6) is 0.419. The molecule has 0 heterocycles. The third-order valence-corrected chi connectivity index (χ3v) is 1.90. The Hall–Kier alpha value is -0.510. The average molecular weight is 210 g/mol. The molecule has 84 valence electrons. The maximum atomic E-state index is 12.1. The summed E-state index contributed by atoms with van der Waals surface area (Å²) in [7, 11) is 0. The Kier molecular flexibility index (Phi) is 4.65. The number of allylic oxidation sites excluding steroid dienone is 1. The van der Waals surface area contributed by atoms with E-state index in [0.717, 1.165) is 13.3 Å². The van der Waals surface area contributed by atoms with E-state index >= 15 is 0 Å². The summed E-state index contributed by atoms with van der Waals surface area (Å²) >= 11 is 0. The van der Waals surface area contributed by atoms with E-state index in [2.05, 4.69) is 0 Å². The summed E-state index contributed by atoms with van der Waals surface area (Å²) in [5.41, 5.74) is -2.61. The number of halogens is 3. The van der Waals surface area contributed by atoms with E-state index < -0.39 is 11.8 Å². The Labute approximate surface area is 82.6 Å². The Balaban J connectivity index is 4.06. The van der Waals surface area contributed by atoms with Crippen molar-refractivity contribution < 1.29 is 18.3 Å². The Morgan fingerprint density at radius 1 is 1.21 bits per heavy atom. The van der Waals surface area contributed by atoms with Crippen LogP contribution in [0.4, 0.5) is 13.2 Å². The van der Waals surface area contributed by atoms with Crippen LogP contribution in [0.1, 0.15) is 33.6 Å². The molecule has 0 aliphatic rings. The summed E-state index contributed by atoms with van der Waals surface area (Å²) < 4.78 is 36.4. The summed E-state index contributed by atoms with van der Waals surface area (Å²) in [6.07, 6.45) is -1.16. The molecule has 4 heteroatoms. The van der Waals surface area contributed by atoms with Crippen molar-refractivity contribution in [2.24, 2.45) is 5.92 Å². The molecule has 0 saturated carbocycles. The van der Waals surface area contributed by atoms with Crippen LogP contribution in [0, 0.1) is 5.92 Å². The maximum Gasteiger partial charge on any atom is 0.417 e. The van der Waals surface area contributed by atoms with Gasteiger partial charge in [0.2, 0.25) is 0 Å². The Bertz CT molecular complexity index is 192. The second kappa shape index (κ2) is 4.82. The van der Waals surface area contributed by atoms with Gasteiger partial charge in [0.05, 0.1) is 0 Å². The molecule has 1 N–H and O–H groups in total. The van der Waals surface area contributed by atoms with Crippen LogP contribution in [0.25, 0.3) is 0 Å². The smallest absolute Gasteiger partial charge is 0.380 e. The molecule has 1 unspecified atom stereocenters. The molecule has 0 aromatic rings. The number of hydrogen-bond acceptors (Lipinski definition) is 1. The van der Waals surface area contributed by atoms with E-state index in [0.29, 0.717) is 5.92 Å². The second-order valence-corrected chi connectivity index (χ2v) is 4.08. The molecule has 0 saturated heterocycles. The van der Waals surface area contributed by atoms with Crippen LogP contribution in [0.3, 0.4) is 0 Å². The topological polar surface area (TPSA) is 20.2 Å². The SMILES string of the molecule is CC(C)C/C=C\CC(C)(O)C(F)(F)F. The van der Waals surface area contributed by atoms with E-state index in [4.69, 9.17) is 5.11 Å². The zero-order valence-electron chi connectivity index (χ0n) is 8.73. The zero-order valence-corrected chi connectivity index (χ0v) is 8.73. The van der Waals surface area contributed by atoms with Gasteiger partial charge >= 0.3 is 6.18 Å². The van der Waals surface area contributed by atoms with Gasteiger partial charge in [-0.05, 0) is 19.3 Å². The van der Waals surface area contributed by atoms with Gasteiger partial charge in [-0.1, -0.05) is 26.0 Å². The zero-order chi connectivity index (χ0) is 11.4. The number of alkyl halides is 3. The summed E-state index contributed by atoms with van der Waals surface area (Å²) in [5, 5.41) is 9.04.